The van der Waals surface area contributed by atoms with Crippen molar-refractivity contribution in [3.8, 4) is 0 Å². The van der Waals surface area contributed by atoms with Crippen molar-refractivity contribution in [1.29, 1.82) is 0 Å². The van der Waals surface area contributed by atoms with Crippen LogP contribution in [0.15, 0.2) is 83.3 Å². The maximum Gasteiger partial charge on any atom is 0.265 e. The van der Waals surface area contributed by atoms with Gasteiger partial charge >= 0.3 is 0 Å². The molecular weight excluding hydrogens is 477 g/mol. The molecule has 1 aliphatic rings. The van der Waals surface area contributed by atoms with Gasteiger partial charge in [0.1, 0.15) is 17.9 Å². The van der Waals surface area contributed by atoms with Crippen LogP contribution in [0.4, 0.5) is 4.39 Å². The topological polar surface area (TPSA) is 53.0 Å². The van der Waals surface area contributed by atoms with Crippen molar-refractivity contribution in [1.82, 2.24) is 9.80 Å². The Hall–Kier alpha value is -4.06. The minimum absolute atomic E-state index is 0.0507. The minimum atomic E-state index is -0.455. The van der Waals surface area contributed by atoms with Crippen LogP contribution in [0.2, 0.25) is 0 Å². The Kier molecular flexibility index (Phi) is 9.72. The molecule has 0 aromatic heterocycles. The second kappa shape index (κ2) is 13.0. The van der Waals surface area contributed by atoms with Crippen molar-refractivity contribution in [2.24, 2.45) is 4.99 Å². The summed E-state index contributed by atoms with van der Waals surface area (Å²) >= 11 is 0. The third-order valence-corrected chi connectivity index (χ3v) is 6.88. The van der Waals surface area contributed by atoms with Gasteiger partial charge in [-0.25, -0.2) is 9.38 Å². The van der Waals surface area contributed by atoms with E-state index < -0.39 is 5.82 Å². The predicted octanol–water partition coefficient (Wildman–Crippen LogP) is 6.74. The third kappa shape index (κ3) is 6.62. The lowest BCUT2D eigenvalue weighted by Crippen LogP contribution is -2.39. The molecule has 0 bridgehead atoms. The summed E-state index contributed by atoms with van der Waals surface area (Å²) < 4.78 is 15.0. The van der Waals surface area contributed by atoms with E-state index >= 15 is 0 Å². The van der Waals surface area contributed by atoms with Crippen LogP contribution in [0.25, 0.3) is 11.6 Å². The number of carbonyl (C=O) groups is 2. The van der Waals surface area contributed by atoms with E-state index in [1.54, 1.807) is 31.2 Å². The number of benzene rings is 2. The Bertz CT molecular complexity index is 1340. The van der Waals surface area contributed by atoms with Crippen LogP contribution in [-0.4, -0.2) is 41.8 Å². The summed E-state index contributed by atoms with van der Waals surface area (Å²) in [7, 11) is 1.87. The first-order valence-corrected chi connectivity index (χ1v) is 12.9. The molecule has 6 heteroatoms. The number of allylic oxidation sites excluding steroid dienone is 5. The highest BCUT2D eigenvalue weighted by molar-refractivity contribution is 6.26. The molecule has 1 atom stereocenters. The van der Waals surface area contributed by atoms with Crippen molar-refractivity contribution >= 4 is 30.1 Å². The molecule has 0 aliphatic carbocycles. The summed E-state index contributed by atoms with van der Waals surface area (Å²) in [4.78, 5) is 32.4. The fourth-order valence-corrected chi connectivity index (χ4v) is 4.68. The third-order valence-electron chi connectivity index (χ3n) is 6.88. The molecular formula is C32H36FN3O2. The molecule has 1 amide bonds. The van der Waals surface area contributed by atoms with E-state index in [9.17, 15) is 14.0 Å². The van der Waals surface area contributed by atoms with E-state index in [0.717, 1.165) is 30.4 Å². The van der Waals surface area contributed by atoms with Crippen molar-refractivity contribution in [3.05, 3.63) is 106 Å². The number of aldehydes is 1. The lowest BCUT2D eigenvalue weighted by Gasteiger charge is -2.34. The van der Waals surface area contributed by atoms with Gasteiger partial charge < -0.3 is 9.80 Å². The van der Waals surface area contributed by atoms with Gasteiger partial charge in [-0.15, -0.1) is 0 Å². The summed E-state index contributed by atoms with van der Waals surface area (Å²) in [5, 5.41) is 0. The first kappa shape index (κ1) is 28.5. The first-order valence-electron chi connectivity index (χ1n) is 12.9. The molecule has 5 nitrogen and oxygen atoms in total. The summed E-state index contributed by atoms with van der Waals surface area (Å²) in [5.41, 5.74) is 5.25. The molecule has 1 aliphatic heterocycles. The van der Waals surface area contributed by atoms with Crippen LogP contribution in [0, 0.1) is 5.82 Å². The van der Waals surface area contributed by atoms with Gasteiger partial charge in [-0.05, 0) is 79.7 Å². The zero-order valence-corrected chi connectivity index (χ0v) is 22.9. The van der Waals surface area contributed by atoms with Gasteiger partial charge in [0.2, 0.25) is 0 Å². The van der Waals surface area contributed by atoms with Crippen LogP contribution < -0.4 is 0 Å². The number of fused-ring (bicyclic) bond motifs is 1. The highest BCUT2D eigenvalue weighted by Crippen LogP contribution is 2.29. The average molecular weight is 514 g/mol. The number of aliphatic imine (C=N–C) groups is 1. The number of amides is 1. The Morgan fingerprint density at radius 2 is 2.00 bits per heavy atom. The molecule has 3 rings (SSSR count). The van der Waals surface area contributed by atoms with Gasteiger partial charge in [-0.1, -0.05) is 56.0 Å². The molecule has 1 heterocycles. The van der Waals surface area contributed by atoms with E-state index in [0.29, 0.717) is 34.6 Å². The lowest BCUT2D eigenvalue weighted by molar-refractivity contribution is -0.126. The second-order valence-electron chi connectivity index (χ2n) is 9.38. The minimum Gasteiger partial charge on any atom is -0.334 e. The molecule has 198 valence electrons. The van der Waals surface area contributed by atoms with Gasteiger partial charge in [-0.2, -0.15) is 0 Å². The molecule has 0 saturated heterocycles. The van der Waals surface area contributed by atoms with Gasteiger partial charge in [0.05, 0.1) is 12.3 Å². The average Bonchev–Trinajstić information content (AvgIpc) is 2.91. The summed E-state index contributed by atoms with van der Waals surface area (Å²) in [5.74, 6) is -0.157. The van der Waals surface area contributed by atoms with Crippen LogP contribution in [0.1, 0.15) is 62.4 Å². The Morgan fingerprint density at radius 1 is 1.26 bits per heavy atom. The monoisotopic (exact) mass is 513 g/mol. The predicted molar refractivity (Wildman–Crippen MR) is 154 cm³/mol. The van der Waals surface area contributed by atoms with Crippen molar-refractivity contribution in [3.63, 3.8) is 0 Å². The van der Waals surface area contributed by atoms with Crippen molar-refractivity contribution < 1.29 is 14.0 Å². The summed E-state index contributed by atoms with van der Waals surface area (Å²) in [6.45, 7) is 12.4. The van der Waals surface area contributed by atoms with Crippen LogP contribution in [-0.2, 0) is 16.0 Å². The molecule has 0 spiro atoms. The zero-order valence-electron chi connectivity index (χ0n) is 22.9. The first-order chi connectivity index (χ1) is 18.2. The van der Waals surface area contributed by atoms with Crippen molar-refractivity contribution in [2.45, 2.75) is 46.6 Å². The van der Waals surface area contributed by atoms with Gasteiger partial charge in [0.15, 0.2) is 0 Å². The fourth-order valence-electron chi connectivity index (χ4n) is 4.68. The molecule has 0 radical (unpaired) electrons. The number of rotatable bonds is 9. The smallest absolute Gasteiger partial charge is 0.265 e. The van der Waals surface area contributed by atoms with E-state index in [-0.39, 0.29) is 11.9 Å². The number of halogens is 1. The lowest BCUT2D eigenvalue weighted by atomic mass is 9.94. The van der Waals surface area contributed by atoms with Crippen LogP contribution in [0.3, 0.4) is 0 Å². The molecule has 2 aromatic carbocycles. The number of nitrogens with zero attached hydrogens (tertiary/aromatic N) is 3. The summed E-state index contributed by atoms with van der Waals surface area (Å²) in [6, 6.07) is 12.9. The van der Waals surface area contributed by atoms with Gasteiger partial charge in [0, 0.05) is 24.9 Å². The zero-order chi connectivity index (χ0) is 27.8. The molecule has 0 fully saturated rings. The largest absolute Gasteiger partial charge is 0.334 e. The SMILES string of the molecule is C=C(/C=C(/N=CC(=O)N1CCc2ccccc2C1C)N(C)/C(=C\C)CC)c1ccc(/C=C(\C)C=O)cc1F. The Morgan fingerprint density at radius 3 is 2.66 bits per heavy atom. The van der Waals surface area contributed by atoms with E-state index in [2.05, 4.69) is 23.7 Å². The molecule has 2 aromatic rings. The highest BCUT2D eigenvalue weighted by atomic mass is 19.1. The Balaban J connectivity index is 1.91. The Labute approximate surface area is 225 Å². The van der Waals surface area contributed by atoms with Gasteiger partial charge in [-0.3, -0.25) is 9.59 Å². The van der Waals surface area contributed by atoms with E-state index in [1.165, 1.54) is 17.8 Å². The normalized spacial score (nSPS) is 16.4. The number of hydrogen-bond acceptors (Lipinski definition) is 4. The van der Waals surface area contributed by atoms with Crippen molar-refractivity contribution in [2.75, 3.05) is 13.6 Å². The number of hydrogen-bond donors (Lipinski definition) is 0. The molecule has 1 unspecified atom stereocenters. The summed E-state index contributed by atoms with van der Waals surface area (Å²) in [6.07, 6.45) is 8.91. The van der Waals surface area contributed by atoms with Crippen LogP contribution in [0.5, 0.6) is 0 Å². The fraction of sp³-hybridized carbons (Fsp3) is 0.281. The van der Waals surface area contributed by atoms with E-state index in [4.69, 9.17) is 0 Å². The standard InChI is InChI=1S/C32H36FN3O2/c1-7-27(8-2)35(6)31(18-23(4)28-14-13-25(19-30(28)33)17-22(3)21-37)34-20-32(38)36-16-15-26-11-9-10-12-29(26)24(36)5/h7,9-14,17-21,24H,4,8,15-16H2,1-3,5-6H3/b22-17+,27-7-,31-18-,34-20?. The quantitative estimate of drug-likeness (QED) is 0.161. The maximum atomic E-state index is 15.0. The second-order valence-corrected chi connectivity index (χ2v) is 9.38. The maximum absolute atomic E-state index is 15.0. The molecule has 0 saturated carbocycles. The number of carbonyl (C=O) groups excluding carboxylic acids is 2. The molecule has 38 heavy (non-hydrogen) atoms. The van der Waals surface area contributed by atoms with Crippen LogP contribution >= 0.6 is 0 Å². The van der Waals surface area contributed by atoms with E-state index in [1.807, 2.05) is 55.8 Å². The van der Waals surface area contributed by atoms with Gasteiger partial charge in [0.25, 0.3) is 5.91 Å². The highest BCUT2D eigenvalue weighted by Gasteiger charge is 2.26. The molecule has 0 N–H and O–H groups in total.